The Labute approximate surface area is 165 Å². The number of hydrogen-bond acceptors (Lipinski definition) is 5. The second kappa shape index (κ2) is 7.93. The molecule has 1 atom stereocenters. The summed E-state index contributed by atoms with van der Waals surface area (Å²) in [7, 11) is -3.82. The van der Waals surface area contributed by atoms with Gasteiger partial charge in [-0.2, -0.15) is 0 Å². The zero-order valence-electron chi connectivity index (χ0n) is 14.2. The predicted octanol–water partition coefficient (Wildman–Crippen LogP) is 3.36. The molecule has 0 aliphatic rings. The van der Waals surface area contributed by atoms with E-state index in [4.69, 9.17) is 11.6 Å². The molecule has 2 N–H and O–H groups in total. The third-order valence-corrected chi connectivity index (χ3v) is 6.79. The maximum absolute atomic E-state index is 13.3. The van der Waals surface area contributed by atoms with Crippen LogP contribution in [0.4, 0.5) is 9.52 Å². The lowest BCUT2D eigenvalue weighted by Crippen LogP contribution is -2.14. The first kappa shape index (κ1) is 19.8. The van der Waals surface area contributed by atoms with Gasteiger partial charge in [-0.3, -0.25) is 4.72 Å². The lowest BCUT2D eigenvalue weighted by Gasteiger charge is -2.09. The van der Waals surface area contributed by atoms with Gasteiger partial charge in [0.1, 0.15) is 5.82 Å². The van der Waals surface area contributed by atoms with Gasteiger partial charge in [-0.15, -0.1) is 11.3 Å². The molecule has 0 radical (unpaired) electrons. The summed E-state index contributed by atoms with van der Waals surface area (Å²) in [6.45, 7) is 1.65. The summed E-state index contributed by atoms with van der Waals surface area (Å²) in [6, 6.07) is 10.4. The van der Waals surface area contributed by atoms with E-state index in [2.05, 4.69) is 9.71 Å². The van der Waals surface area contributed by atoms with E-state index in [9.17, 15) is 17.9 Å². The Balaban J connectivity index is 1.75. The fourth-order valence-electron chi connectivity index (χ4n) is 2.53. The molecule has 142 valence electrons. The SMILES string of the molecule is Cc1c([ClH+])cccc1S(=O)(=O)Nc1nc(CC(O)c2cccc(F)c2)cs1. The summed E-state index contributed by atoms with van der Waals surface area (Å²) in [6.07, 6.45) is -0.797. The maximum Gasteiger partial charge on any atom is 0.264 e. The summed E-state index contributed by atoms with van der Waals surface area (Å²) < 4.78 is 40.9. The highest BCUT2D eigenvalue weighted by Gasteiger charge is 2.22. The lowest BCUT2D eigenvalue weighted by atomic mass is 10.1. The van der Waals surface area contributed by atoms with Gasteiger partial charge in [0.15, 0.2) is 16.7 Å². The van der Waals surface area contributed by atoms with Crippen molar-refractivity contribution in [3.8, 4) is 0 Å². The number of aliphatic hydroxyl groups is 1. The zero-order chi connectivity index (χ0) is 19.6. The number of anilines is 1. The first-order valence-corrected chi connectivity index (χ1v) is 10.7. The van der Waals surface area contributed by atoms with Crippen molar-refractivity contribution in [2.45, 2.75) is 24.3 Å². The number of rotatable bonds is 6. The molecule has 3 aromatic rings. The number of hydrogen-bond donors (Lipinski definition) is 2. The molecule has 9 heteroatoms. The van der Waals surface area contributed by atoms with Crippen molar-refractivity contribution in [3.63, 3.8) is 0 Å². The van der Waals surface area contributed by atoms with Crippen LogP contribution in [0.25, 0.3) is 0 Å². The van der Waals surface area contributed by atoms with Gasteiger partial charge in [0.25, 0.3) is 10.0 Å². The van der Waals surface area contributed by atoms with Crippen LogP contribution in [0.3, 0.4) is 0 Å². The number of halogens is 2. The Morgan fingerprint density at radius 1 is 1.30 bits per heavy atom. The van der Waals surface area contributed by atoms with Gasteiger partial charge in [-0.1, -0.05) is 18.2 Å². The Hall–Kier alpha value is -2.00. The molecule has 1 unspecified atom stereocenters. The molecular formula is C18H17ClFN2O3S2+. The van der Waals surface area contributed by atoms with Crippen molar-refractivity contribution < 1.29 is 29.5 Å². The van der Waals surface area contributed by atoms with Crippen LogP contribution in [0.15, 0.2) is 52.7 Å². The fraction of sp³-hybridized carbons (Fsp3) is 0.167. The van der Waals surface area contributed by atoms with Gasteiger partial charge in [0.05, 0.1) is 16.7 Å². The van der Waals surface area contributed by atoms with E-state index < -0.39 is 21.9 Å². The maximum atomic E-state index is 13.3. The quantitative estimate of drug-likeness (QED) is 0.632. The van der Waals surface area contributed by atoms with Crippen molar-refractivity contribution in [3.05, 3.63) is 75.5 Å². The highest BCUT2D eigenvalue weighted by Crippen LogP contribution is 2.26. The molecule has 0 amide bonds. The molecule has 1 heterocycles. The summed E-state index contributed by atoms with van der Waals surface area (Å²) >= 11 is 6.23. The van der Waals surface area contributed by atoms with Gasteiger partial charge < -0.3 is 5.11 Å². The summed E-state index contributed by atoms with van der Waals surface area (Å²) in [5.41, 5.74) is 1.43. The van der Waals surface area contributed by atoms with Crippen molar-refractivity contribution >= 4 is 26.5 Å². The zero-order valence-corrected chi connectivity index (χ0v) is 16.7. The van der Waals surface area contributed by atoms with E-state index in [1.165, 1.54) is 24.3 Å². The van der Waals surface area contributed by atoms with Crippen LogP contribution in [0, 0.1) is 24.3 Å². The molecule has 27 heavy (non-hydrogen) atoms. The van der Waals surface area contributed by atoms with Crippen molar-refractivity contribution in [2.75, 3.05) is 4.72 Å². The van der Waals surface area contributed by atoms with E-state index in [1.54, 1.807) is 30.5 Å². The molecular weight excluding hydrogens is 411 g/mol. The third kappa shape index (κ3) is 4.65. The predicted molar refractivity (Wildman–Crippen MR) is 99.7 cm³/mol. The third-order valence-electron chi connectivity index (χ3n) is 3.93. The number of sulfonamides is 1. The molecule has 1 aromatic heterocycles. The van der Waals surface area contributed by atoms with Crippen LogP contribution in [0.2, 0.25) is 5.02 Å². The van der Waals surface area contributed by atoms with Gasteiger partial charge in [0, 0.05) is 23.4 Å². The van der Waals surface area contributed by atoms with E-state index in [0.29, 0.717) is 21.8 Å². The highest BCUT2D eigenvalue weighted by molar-refractivity contribution is 7.93. The van der Waals surface area contributed by atoms with Gasteiger partial charge in [-0.05, 0) is 30.7 Å². The number of nitrogens with zero attached hydrogens (tertiary/aromatic N) is 1. The molecule has 0 aliphatic carbocycles. The Kier molecular flexibility index (Phi) is 5.81. The fourth-order valence-corrected chi connectivity index (χ4v) is 5.03. The topological polar surface area (TPSA) is 79.3 Å². The van der Waals surface area contributed by atoms with Gasteiger partial charge in [-0.25, -0.2) is 17.8 Å². The van der Waals surface area contributed by atoms with E-state index in [-0.39, 0.29) is 16.4 Å². The minimum absolute atomic E-state index is 0.103. The van der Waals surface area contributed by atoms with Crippen LogP contribution in [-0.4, -0.2) is 18.5 Å². The van der Waals surface area contributed by atoms with Crippen LogP contribution < -0.4 is 4.72 Å². The molecule has 2 aromatic carbocycles. The Bertz CT molecular complexity index is 1070. The second-order valence-electron chi connectivity index (χ2n) is 5.90. The van der Waals surface area contributed by atoms with Crippen LogP contribution in [-0.2, 0) is 16.4 Å². The van der Waals surface area contributed by atoms with E-state index in [0.717, 1.165) is 11.3 Å². The second-order valence-corrected chi connectivity index (χ2v) is 8.85. The molecule has 5 nitrogen and oxygen atoms in total. The van der Waals surface area contributed by atoms with Crippen LogP contribution in [0.1, 0.15) is 22.9 Å². The molecule has 3 rings (SSSR count). The number of benzene rings is 2. The minimum Gasteiger partial charge on any atom is -0.388 e. The number of aromatic nitrogens is 1. The van der Waals surface area contributed by atoms with Crippen molar-refractivity contribution in [1.29, 1.82) is 0 Å². The highest BCUT2D eigenvalue weighted by atomic mass is 35.5. The smallest absolute Gasteiger partial charge is 0.264 e. The van der Waals surface area contributed by atoms with Gasteiger partial charge >= 0.3 is 0 Å². The summed E-state index contributed by atoms with van der Waals surface area (Å²) in [5.74, 6) is -0.433. The molecule has 0 saturated heterocycles. The largest absolute Gasteiger partial charge is 0.388 e. The molecule has 0 fully saturated rings. The number of nitrogens with one attached hydrogen (secondary N) is 1. The molecule has 0 spiro atoms. The summed E-state index contributed by atoms with van der Waals surface area (Å²) in [4.78, 5) is 4.31. The molecule has 0 bridgehead atoms. The molecule has 0 aliphatic heterocycles. The standard InChI is InChI=1S/C18H17ClFN2O3S2/c1-11-15(19)6-3-7-17(11)27(24,25)22-18-21-14(10-26-18)9-16(23)12-4-2-5-13(20)8-12/h2-8,10,16,19,23H,9H2,1H3,(H,21,22)/q+1. The minimum atomic E-state index is -3.82. The number of thiazole rings is 1. The van der Waals surface area contributed by atoms with Crippen LogP contribution >= 0.6 is 11.3 Å². The van der Waals surface area contributed by atoms with Crippen molar-refractivity contribution in [1.82, 2.24) is 4.98 Å². The van der Waals surface area contributed by atoms with Crippen molar-refractivity contribution in [2.24, 2.45) is 0 Å². The summed E-state index contributed by atoms with van der Waals surface area (Å²) in [5, 5.41) is 12.5. The molecule has 0 saturated carbocycles. The van der Waals surface area contributed by atoms with Crippen LogP contribution in [0.5, 0.6) is 0 Å². The average molecular weight is 428 g/mol. The Morgan fingerprint density at radius 2 is 2.04 bits per heavy atom. The normalized spacial score (nSPS) is 12.7. The van der Waals surface area contributed by atoms with Gasteiger partial charge in [0.2, 0.25) is 5.02 Å². The first-order valence-electron chi connectivity index (χ1n) is 7.93. The average Bonchev–Trinajstić information content (AvgIpc) is 3.03. The van der Waals surface area contributed by atoms with E-state index >= 15 is 0 Å². The van der Waals surface area contributed by atoms with E-state index in [1.807, 2.05) is 0 Å². The lowest BCUT2D eigenvalue weighted by molar-refractivity contribution is -0.290. The Morgan fingerprint density at radius 3 is 2.78 bits per heavy atom. The first-order chi connectivity index (χ1) is 12.8. The monoisotopic (exact) mass is 427 g/mol. The number of aliphatic hydroxyl groups excluding tert-OH is 1.